The Kier molecular flexibility index (Phi) is 6.11. The molecule has 0 aromatic carbocycles. The van der Waals surface area contributed by atoms with E-state index in [9.17, 15) is 9.90 Å². The average Bonchev–Trinajstić information content (AvgIpc) is 2.72. The molecular weight excluding hydrogens is 268 g/mol. The molecule has 0 radical (unpaired) electrons. The number of carboxylic acid groups (broad SMARTS) is 1. The lowest BCUT2D eigenvalue weighted by atomic mass is 9.99. The Labute approximate surface area is 116 Å². The molecule has 0 aliphatic rings. The maximum Gasteiger partial charge on any atom is 0.323 e. The van der Waals surface area contributed by atoms with E-state index in [0.29, 0.717) is 6.42 Å². The number of rotatable bonds is 8. The third-order valence-electron chi connectivity index (χ3n) is 2.66. The van der Waals surface area contributed by atoms with Crippen molar-refractivity contribution >= 4 is 29.1 Å². The van der Waals surface area contributed by atoms with Crippen LogP contribution in [0.5, 0.6) is 0 Å². The van der Waals surface area contributed by atoms with Crippen molar-refractivity contribution in [1.29, 1.82) is 0 Å². The second-order valence-corrected chi connectivity index (χ2v) is 6.62. The van der Waals surface area contributed by atoms with Crippen molar-refractivity contribution < 1.29 is 9.90 Å². The molecule has 4 nitrogen and oxygen atoms in total. The number of nitrogens with zero attached hydrogens (tertiary/aromatic N) is 1. The number of aliphatic carboxylic acids is 1. The lowest BCUT2D eigenvalue weighted by Crippen LogP contribution is -2.50. The van der Waals surface area contributed by atoms with Crippen LogP contribution in [-0.4, -0.2) is 33.9 Å². The Morgan fingerprint density at radius 1 is 1.67 bits per heavy atom. The van der Waals surface area contributed by atoms with E-state index in [1.807, 2.05) is 19.2 Å². The molecule has 0 aliphatic carbocycles. The SMILES string of the molecule is CCCNC(C)(CCSc1nc(C)cs1)C(=O)O. The molecule has 1 aromatic rings. The first-order valence-corrected chi connectivity index (χ1v) is 7.88. The van der Waals surface area contributed by atoms with E-state index in [2.05, 4.69) is 10.3 Å². The van der Waals surface area contributed by atoms with E-state index in [-0.39, 0.29) is 0 Å². The van der Waals surface area contributed by atoms with Gasteiger partial charge in [-0.25, -0.2) is 4.98 Å². The number of thioether (sulfide) groups is 1. The molecule has 0 amide bonds. The van der Waals surface area contributed by atoms with Crippen LogP contribution in [0.2, 0.25) is 0 Å². The molecule has 0 fully saturated rings. The van der Waals surface area contributed by atoms with Crippen molar-refractivity contribution in [1.82, 2.24) is 10.3 Å². The van der Waals surface area contributed by atoms with Gasteiger partial charge in [0.05, 0.1) is 0 Å². The van der Waals surface area contributed by atoms with Crippen LogP contribution in [0.15, 0.2) is 9.72 Å². The normalized spacial score (nSPS) is 14.4. The highest BCUT2D eigenvalue weighted by Gasteiger charge is 2.31. The summed E-state index contributed by atoms with van der Waals surface area (Å²) in [6, 6.07) is 0. The number of aromatic nitrogens is 1. The van der Waals surface area contributed by atoms with E-state index < -0.39 is 11.5 Å². The van der Waals surface area contributed by atoms with Crippen LogP contribution >= 0.6 is 23.1 Å². The molecule has 0 saturated carbocycles. The van der Waals surface area contributed by atoms with Gasteiger partial charge in [-0.15, -0.1) is 11.3 Å². The van der Waals surface area contributed by atoms with E-state index in [4.69, 9.17) is 0 Å². The first-order chi connectivity index (χ1) is 8.48. The Bertz CT molecular complexity index is 395. The number of carboxylic acids is 1. The van der Waals surface area contributed by atoms with Gasteiger partial charge in [0.2, 0.25) is 0 Å². The molecule has 0 saturated heterocycles. The standard InChI is InChI=1S/C12H20N2O2S2/c1-4-6-13-12(3,10(15)16)5-7-17-11-14-9(2)8-18-11/h8,13H,4-7H2,1-3H3,(H,15,16). The number of hydrogen-bond donors (Lipinski definition) is 2. The van der Waals surface area contributed by atoms with Crippen LogP contribution in [0.4, 0.5) is 0 Å². The summed E-state index contributed by atoms with van der Waals surface area (Å²) in [7, 11) is 0. The summed E-state index contributed by atoms with van der Waals surface area (Å²) < 4.78 is 1.01. The summed E-state index contributed by atoms with van der Waals surface area (Å²) in [5.41, 5.74) is 0.183. The first-order valence-electron chi connectivity index (χ1n) is 6.01. The summed E-state index contributed by atoms with van der Waals surface area (Å²) in [5.74, 6) is -0.0289. The summed E-state index contributed by atoms with van der Waals surface area (Å²) in [6.45, 7) is 6.47. The summed E-state index contributed by atoms with van der Waals surface area (Å²) in [6.07, 6.45) is 1.52. The zero-order chi connectivity index (χ0) is 13.6. The Morgan fingerprint density at radius 2 is 2.39 bits per heavy atom. The third-order valence-corrected chi connectivity index (χ3v) is 4.80. The highest BCUT2D eigenvalue weighted by Crippen LogP contribution is 2.25. The van der Waals surface area contributed by atoms with Gasteiger partial charge < -0.3 is 10.4 Å². The van der Waals surface area contributed by atoms with E-state index in [1.54, 1.807) is 30.0 Å². The minimum absolute atomic E-state index is 0.589. The number of hydrogen-bond acceptors (Lipinski definition) is 5. The van der Waals surface area contributed by atoms with Crippen LogP contribution in [0.1, 0.15) is 32.4 Å². The minimum Gasteiger partial charge on any atom is -0.480 e. The van der Waals surface area contributed by atoms with Gasteiger partial charge in [0, 0.05) is 16.8 Å². The van der Waals surface area contributed by atoms with E-state index in [0.717, 1.165) is 28.8 Å². The van der Waals surface area contributed by atoms with Gasteiger partial charge in [0.1, 0.15) is 9.88 Å². The summed E-state index contributed by atoms with van der Waals surface area (Å²) in [5, 5.41) is 14.4. The highest BCUT2D eigenvalue weighted by atomic mass is 32.2. The van der Waals surface area contributed by atoms with Crippen molar-refractivity contribution in [3.8, 4) is 0 Å². The van der Waals surface area contributed by atoms with Crippen molar-refractivity contribution in [2.45, 2.75) is 43.5 Å². The van der Waals surface area contributed by atoms with Crippen molar-refractivity contribution in [3.05, 3.63) is 11.1 Å². The second kappa shape index (κ2) is 7.11. The van der Waals surface area contributed by atoms with Crippen LogP contribution in [0, 0.1) is 6.92 Å². The maximum absolute atomic E-state index is 11.3. The molecule has 6 heteroatoms. The number of nitrogens with one attached hydrogen (secondary N) is 1. The number of aryl methyl sites for hydroxylation is 1. The van der Waals surface area contributed by atoms with Crippen molar-refractivity contribution in [3.63, 3.8) is 0 Å². The molecular formula is C12H20N2O2S2. The smallest absolute Gasteiger partial charge is 0.323 e. The zero-order valence-corrected chi connectivity index (χ0v) is 12.7. The van der Waals surface area contributed by atoms with Crippen LogP contribution in [0.3, 0.4) is 0 Å². The molecule has 0 aliphatic heterocycles. The van der Waals surface area contributed by atoms with Crippen molar-refractivity contribution in [2.75, 3.05) is 12.3 Å². The topological polar surface area (TPSA) is 62.2 Å². The molecule has 0 bridgehead atoms. The monoisotopic (exact) mass is 288 g/mol. The number of carbonyl (C=O) groups is 1. The molecule has 0 spiro atoms. The molecule has 1 rings (SSSR count). The molecule has 2 N–H and O–H groups in total. The lowest BCUT2D eigenvalue weighted by molar-refractivity contribution is -0.144. The van der Waals surface area contributed by atoms with Crippen molar-refractivity contribution in [2.24, 2.45) is 0 Å². The largest absolute Gasteiger partial charge is 0.480 e. The zero-order valence-electron chi connectivity index (χ0n) is 11.0. The van der Waals surface area contributed by atoms with Crippen LogP contribution in [0.25, 0.3) is 0 Å². The first kappa shape index (κ1) is 15.5. The summed E-state index contributed by atoms with van der Waals surface area (Å²) >= 11 is 3.23. The average molecular weight is 288 g/mol. The Morgan fingerprint density at radius 3 is 2.89 bits per heavy atom. The molecule has 1 unspecified atom stereocenters. The summed E-state index contributed by atoms with van der Waals surface area (Å²) in [4.78, 5) is 15.6. The van der Waals surface area contributed by atoms with Crippen LogP contribution < -0.4 is 5.32 Å². The molecule has 1 heterocycles. The highest BCUT2D eigenvalue weighted by molar-refractivity contribution is 8.01. The van der Waals surface area contributed by atoms with Gasteiger partial charge in [-0.3, -0.25) is 4.79 Å². The Balaban J connectivity index is 2.44. The van der Waals surface area contributed by atoms with E-state index in [1.165, 1.54) is 0 Å². The van der Waals surface area contributed by atoms with Gasteiger partial charge in [-0.2, -0.15) is 0 Å². The van der Waals surface area contributed by atoms with Gasteiger partial charge >= 0.3 is 5.97 Å². The predicted molar refractivity (Wildman–Crippen MR) is 76.5 cm³/mol. The minimum atomic E-state index is -0.838. The van der Waals surface area contributed by atoms with Crippen LogP contribution in [-0.2, 0) is 4.79 Å². The molecule has 18 heavy (non-hydrogen) atoms. The maximum atomic E-state index is 11.3. The molecule has 1 atom stereocenters. The fourth-order valence-corrected chi connectivity index (χ4v) is 3.49. The third kappa shape index (κ3) is 4.59. The van der Waals surface area contributed by atoms with E-state index >= 15 is 0 Å². The molecule has 1 aromatic heterocycles. The second-order valence-electron chi connectivity index (χ2n) is 4.42. The van der Waals surface area contributed by atoms with Gasteiger partial charge in [-0.1, -0.05) is 18.7 Å². The fraction of sp³-hybridized carbons (Fsp3) is 0.667. The molecule has 102 valence electrons. The number of thiazole rings is 1. The van der Waals surface area contributed by atoms with Gasteiger partial charge in [-0.05, 0) is 33.2 Å². The fourth-order valence-electron chi connectivity index (χ4n) is 1.41. The predicted octanol–water partition coefficient (Wildman–Crippen LogP) is 2.78. The quantitative estimate of drug-likeness (QED) is 0.720. The van der Waals surface area contributed by atoms with Gasteiger partial charge in [0.15, 0.2) is 0 Å². The van der Waals surface area contributed by atoms with Gasteiger partial charge in [0.25, 0.3) is 0 Å². The lowest BCUT2D eigenvalue weighted by Gasteiger charge is -2.25. The Hall–Kier alpha value is -0.590.